The molecule has 0 saturated heterocycles. The first kappa shape index (κ1) is 27.8. The average Bonchev–Trinajstić information content (AvgIpc) is 3.09. The average molecular weight is 552 g/mol. The van der Waals surface area contributed by atoms with Crippen molar-refractivity contribution in [2.45, 2.75) is 63.8 Å². The summed E-state index contributed by atoms with van der Waals surface area (Å²) in [5.74, 6) is 0. The number of hydrogen-bond acceptors (Lipinski definition) is 2. The standard InChI is InChI=1S/C25H21F9N2O2/c1-4-18-20-15(11-22(2,3)38-18)19-16(25(32,33)34)6-5-7-17(19)36(20)21(37)35-14-9-12(23(26,27)28)8-13(10-14)24(29,30)31/h5-10,18H,4,11H2,1-3H3,(H,35,37). The number of rotatable bonds is 2. The molecule has 1 N–H and O–H groups in total. The Morgan fingerprint density at radius 1 is 0.974 bits per heavy atom. The fourth-order valence-corrected chi connectivity index (χ4v) is 4.80. The van der Waals surface area contributed by atoms with E-state index >= 15 is 0 Å². The molecule has 1 aliphatic rings. The Bertz CT molecular complexity index is 1370. The van der Waals surface area contributed by atoms with Gasteiger partial charge in [0.15, 0.2) is 0 Å². The van der Waals surface area contributed by atoms with Gasteiger partial charge in [-0.2, -0.15) is 39.5 Å². The van der Waals surface area contributed by atoms with Gasteiger partial charge < -0.3 is 10.1 Å². The van der Waals surface area contributed by atoms with Crippen molar-refractivity contribution in [3.8, 4) is 0 Å². The van der Waals surface area contributed by atoms with Gasteiger partial charge in [0, 0.05) is 17.5 Å². The van der Waals surface area contributed by atoms with Crippen molar-refractivity contribution in [2.75, 3.05) is 5.32 Å². The Morgan fingerprint density at radius 2 is 1.55 bits per heavy atom. The van der Waals surface area contributed by atoms with E-state index in [4.69, 9.17) is 4.74 Å². The van der Waals surface area contributed by atoms with Crippen molar-refractivity contribution in [1.29, 1.82) is 0 Å². The Balaban J connectivity index is 1.94. The van der Waals surface area contributed by atoms with Crippen LogP contribution in [0.15, 0.2) is 36.4 Å². The fraction of sp³-hybridized carbons (Fsp3) is 0.400. The Hall–Kier alpha value is -3.22. The molecular weight excluding hydrogens is 531 g/mol. The molecule has 3 aromatic rings. The van der Waals surface area contributed by atoms with E-state index in [-0.39, 0.29) is 41.1 Å². The van der Waals surface area contributed by atoms with Crippen LogP contribution in [0.3, 0.4) is 0 Å². The van der Waals surface area contributed by atoms with E-state index in [2.05, 4.69) is 0 Å². The van der Waals surface area contributed by atoms with Crippen molar-refractivity contribution in [2.24, 2.45) is 0 Å². The molecule has 1 atom stereocenters. The highest BCUT2D eigenvalue weighted by molar-refractivity contribution is 6.02. The largest absolute Gasteiger partial charge is 0.417 e. The highest BCUT2D eigenvalue weighted by Gasteiger charge is 2.42. The lowest BCUT2D eigenvalue weighted by Crippen LogP contribution is -2.36. The number of aromatic nitrogens is 1. The number of nitrogens with one attached hydrogen (secondary N) is 1. The maximum atomic E-state index is 14.0. The lowest BCUT2D eigenvalue weighted by Gasteiger charge is -2.36. The van der Waals surface area contributed by atoms with Crippen LogP contribution in [0.4, 0.5) is 50.0 Å². The van der Waals surface area contributed by atoms with Crippen molar-refractivity contribution in [1.82, 2.24) is 4.57 Å². The van der Waals surface area contributed by atoms with Crippen LogP contribution in [-0.4, -0.2) is 16.2 Å². The third-order valence-electron chi connectivity index (χ3n) is 6.22. The molecule has 1 unspecified atom stereocenters. The van der Waals surface area contributed by atoms with Crippen LogP contribution in [0.25, 0.3) is 10.9 Å². The molecule has 2 heterocycles. The summed E-state index contributed by atoms with van der Waals surface area (Å²) in [6.45, 7) is 5.00. The molecule has 0 fully saturated rings. The van der Waals surface area contributed by atoms with Gasteiger partial charge in [0.1, 0.15) is 0 Å². The number of benzene rings is 2. The number of anilines is 1. The van der Waals surface area contributed by atoms with Crippen LogP contribution >= 0.6 is 0 Å². The van der Waals surface area contributed by atoms with Gasteiger partial charge in [-0.25, -0.2) is 4.79 Å². The summed E-state index contributed by atoms with van der Waals surface area (Å²) >= 11 is 0. The normalized spacial score (nSPS) is 17.9. The zero-order chi connectivity index (χ0) is 28.4. The first-order valence-electron chi connectivity index (χ1n) is 11.4. The number of ether oxygens (including phenoxy) is 1. The van der Waals surface area contributed by atoms with Gasteiger partial charge in [-0.05, 0) is 56.2 Å². The summed E-state index contributed by atoms with van der Waals surface area (Å²) < 4.78 is 129. The molecule has 0 bridgehead atoms. The molecule has 206 valence electrons. The van der Waals surface area contributed by atoms with Gasteiger partial charge in [-0.1, -0.05) is 13.0 Å². The van der Waals surface area contributed by atoms with Gasteiger partial charge in [0.2, 0.25) is 0 Å². The zero-order valence-corrected chi connectivity index (χ0v) is 20.1. The molecule has 0 spiro atoms. The van der Waals surface area contributed by atoms with Crippen LogP contribution in [0, 0.1) is 0 Å². The van der Waals surface area contributed by atoms with Gasteiger partial charge in [-0.15, -0.1) is 0 Å². The Labute approximate surface area is 210 Å². The second kappa shape index (κ2) is 8.92. The van der Waals surface area contributed by atoms with E-state index in [1.807, 2.05) is 5.32 Å². The van der Waals surface area contributed by atoms with E-state index in [1.165, 1.54) is 6.07 Å². The molecule has 1 amide bonds. The van der Waals surface area contributed by atoms with Crippen molar-refractivity contribution in [3.63, 3.8) is 0 Å². The minimum Gasteiger partial charge on any atom is -0.366 e. The Morgan fingerprint density at radius 3 is 2.05 bits per heavy atom. The molecule has 38 heavy (non-hydrogen) atoms. The summed E-state index contributed by atoms with van der Waals surface area (Å²) in [6, 6.07) is 2.46. The Kier molecular flexibility index (Phi) is 6.53. The highest BCUT2D eigenvalue weighted by Crippen LogP contribution is 2.46. The van der Waals surface area contributed by atoms with Gasteiger partial charge in [0.05, 0.1) is 39.6 Å². The molecule has 13 heteroatoms. The van der Waals surface area contributed by atoms with Crippen molar-refractivity contribution < 1.29 is 49.0 Å². The minimum atomic E-state index is -5.16. The SMILES string of the molecule is CCC1OC(C)(C)Cc2c1n(C(=O)Nc1cc(C(F)(F)F)cc(C(F)(F)F)c1)c1cccc(C(F)(F)F)c21. The van der Waals surface area contributed by atoms with Gasteiger partial charge in [-0.3, -0.25) is 4.57 Å². The van der Waals surface area contributed by atoms with E-state index in [1.54, 1.807) is 20.8 Å². The van der Waals surface area contributed by atoms with Crippen molar-refractivity contribution >= 4 is 22.6 Å². The summed E-state index contributed by atoms with van der Waals surface area (Å²) in [5, 5.41) is 1.74. The molecule has 4 rings (SSSR count). The fourth-order valence-electron chi connectivity index (χ4n) is 4.80. The van der Waals surface area contributed by atoms with Gasteiger partial charge >= 0.3 is 24.6 Å². The molecule has 1 aromatic heterocycles. The first-order chi connectivity index (χ1) is 17.3. The molecule has 4 nitrogen and oxygen atoms in total. The smallest absolute Gasteiger partial charge is 0.366 e. The monoisotopic (exact) mass is 552 g/mol. The number of halogens is 9. The lowest BCUT2D eigenvalue weighted by atomic mass is 9.89. The second-order valence-electron chi connectivity index (χ2n) is 9.57. The third kappa shape index (κ3) is 5.07. The minimum absolute atomic E-state index is 0.0233. The second-order valence-corrected chi connectivity index (χ2v) is 9.57. The van der Waals surface area contributed by atoms with E-state index in [9.17, 15) is 44.3 Å². The lowest BCUT2D eigenvalue weighted by molar-refractivity contribution is -0.143. The summed E-state index contributed by atoms with van der Waals surface area (Å²) in [7, 11) is 0. The predicted octanol–water partition coefficient (Wildman–Crippen LogP) is 8.58. The maximum Gasteiger partial charge on any atom is 0.417 e. The van der Waals surface area contributed by atoms with Crippen LogP contribution in [-0.2, 0) is 29.7 Å². The maximum absolute atomic E-state index is 14.0. The topological polar surface area (TPSA) is 43.3 Å². The summed E-state index contributed by atoms with van der Waals surface area (Å²) in [4.78, 5) is 13.4. The number of carbonyl (C=O) groups excluding carboxylic acids is 1. The van der Waals surface area contributed by atoms with E-state index in [0.717, 1.165) is 16.7 Å². The number of carbonyl (C=O) groups is 1. The highest BCUT2D eigenvalue weighted by atomic mass is 19.4. The number of hydrogen-bond donors (Lipinski definition) is 1. The molecule has 2 aromatic carbocycles. The van der Waals surface area contributed by atoms with Crippen LogP contribution < -0.4 is 5.32 Å². The zero-order valence-electron chi connectivity index (χ0n) is 20.1. The number of fused-ring (bicyclic) bond motifs is 3. The van der Waals surface area contributed by atoms with E-state index in [0.29, 0.717) is 12.1 Å². The van der Waals surface area contributed by atoms with Crippen molar-refractivity contribution in [3.05, 3.63) is 64.3 Å². The molecule has 1 aliphatic heterocycles. The van der Waals surface area contributed by atoms with E-state index < -0.39 is 58.6 Å². The number of nitrogens with zero attached hydrogens (tertiary/aromatic N) is 1. The van der Waals surface area contributed by atoms with Crippen LogP contribution in [0.5, 0.6) is 0 Å². The molecule has 0 aliphatic carbocycles. The predicted molar refractivity (Wildman–Crippen MR) is 120 cm³/mol. The van der Waals surface area contributed by atoms with Crippen LogP contribution in [0.2, 0.25) is 0 Å². The number of amides is 1. The molecular formula is C25H21F9N2O2. The molecule has 0 saturated carbocycles. The van der Waals surface area contributed by atoms with Crippen LogP contribution in [0.1, 0.15) is 61.2 Å². The molecule has 0 radical (unpaired) electrons. The summed E-state index contributed by atoms with van der Waals surface area (Å²) in [5.41, 5.74) is -6.05. The quantitative estimate of drug-likeness (QED) is 0.324. The first-order valence-corrected chi connectivity index (χ1v) is 11.4. The number of alkyl halides is 9. The third-order valence-corrected chi connectivity index (χ3v) is 6.22. The van der Waals surface area contributed by atoms with Gasteiger partial charge in [0.25, 0.3) is 0 Å². The summed E-state index contributed by atoms with van der Waals surface area (Å²) in [6.07, 6.45) is -15.8.